The number of carbonyl (C=O) groups excluding carboxylic acids is 2. The van der Waals surface area contributed by atoms with E-state index in [1.165, 1.54) is 0 Å². The van der Waals surface area contributed by atoms with Crippen LogP contribution in [0.1, 0.15) is 28.3 Å². The molecule has 4 unspecified atom stereocenters. The first kappa shape index (κ1) is 23.7. The zero-order valence-corrected chi connectivity index (χ0v) is 19.7. The number of nitrogens with zero attached hydrogens (tertiary/aromatic N) is 1. The third-order valence-electron chi connectivity index (χ3n) is 7.20. The van der Waals surface area contributed by atoms with Gasteiger partial charge in [-0.25, -0.2) is 4.90 Å². The number of rotatable bonds is 6. The number of anilines is 1. The number of para-hydroxylation sites is 1. The van der Waals surface area contributed by atoms with E-state index in [0.29, 0.717) is 11.3 Å². The number of carboxylic acid groups (broad SMARTS) is 1. The van der Waals surface area contributed by atoms with Gasteiger partial charge in [0.1, 0.15) is 0 Å². The lowest BCUT2D eigenvalue weighted by Gasteiger charge is -2.29. The summed E-state index contributed by atoms with van der Waals surface area (Å²) >= 11 is 0. The summed E-state index contributed by atoms with van der Waals surface area (Å²) in [5, 5.41) is 23.3. The summed E-state index contributed by atoms with van der Waals surface area (Å²) in [6.07, 6.45) is 3.95. The molecular formula is C29H26N2O5. The number of aliphatic carboxylic acids is 1. The average molecular weight is 483 g/mol. The first-order valence-electron chi connectivity index (χ1n) is 11.8. The number of aliphatic hydroxyl groups is 1. The number of hydrogen-bond donors (Lipinski definition) is 3. The van der Waals surface area contributed by atoms with Crippen molar-refractivity contribution in [3.05, 3.63) is 101 Å². The van der Waals surface area contributed by atoms with Crippen molar-refractivity contribution >= 4 is 35.6 Å². The van der Waals surface area contributed by atoms with Crippen LogP contribution in [-0.2, 0) is 14.4 Å². The lowest BCUT2D eigenvalue weighted by molar-refractivity contribution is -0.150. The van der Waals surface area contributed by atoms with Crippen LogP contribution in [0.2, 0.25) is 0 Å². The number of hydrogen-bond acceptors (Lipinski definition) is 5. The Bertz CT molecular complexity index is 1350. The Hall–Kier alpha value is -4.07. The van der Waals surface area contributed by atoms with Crippen LogP contribution in [0.25, 0.3) is 12.2 Å². The molecule has 3 aromatic carbocycles. The normalized spacial score (nSPS) is 25.5. The third kappa shape index (κ3) is 3.73. The molecular weight excluding hydrogens is 456 g/mol. The summed E-state index contributed by atoms with van der Waals surface area (Å²) in [7, 11) is 0. The summed E-state index contributed by atoms with van der Waals surface area (Å²) < 4.78 is 0. The Balaban J connectivity index is 1.51. The number of aliphatic hydroxyl groups excluding tert-OH is 1. The number of benzene rings is 3. The fourth-order valence-corrected chi connectivity index (χ4v) is 5.32. The van der Waals surface area contributed by atoms with Gasteiger partial charge >= 0.3 is 5.97 Å². The van der Waals surface area contributed by atoms with Crippen molar-refractivity contribution in [3.63, 3.8) is 0 Å². The number of amides is 2. The van der Waals surface area contributed by atoms with Gasteiger partial charge in [0, 0.05) is 6.04 Å². The van der Waals surface area contributed by atoms with Crippen molar-refractivity contribution in [1.29, 1.82) is 0 Å². The zero-order valence-electron chi connectivity index (χ0n) is 19.7. The quantitative estimate of drug-likeness (QED) is 0.367. The molecule has 182 valence electrons. The van der Waals surface area contributed by atoms with Crippen LogP contribution >= 0.6 is 0 Å². The zero-order chi connectivity index (χ0) is 25.4. The molecule has 0 spiro atoms. The van der Waals surface area contributed by atoms with Crippen LogP contribution in [0, 0.1) is 18.8 Å². The molecule has 2 aliphatic heterocycles. The van der Waals surface area contributed by atoms with Crippen LogP contribution < -0.4 is 10.2 Å². The molecule has 0 aromatic heterocycles. The highest BCUT2D eigenvalue weighted by Crippen LogP contribution is 2.50. The molecule has 0 saturated carbocycles. The summed E-state index contributed by atoms with van der Waals surface area (Å²) in [5.74, 6) is -4.66. The molecule has 3 aromatic rings. The largest absolute Gasteiger partial charge is 0.480 e. The van der Waals surface area contributed by atoms with Gasteiger partial charge in [-0.15, -0.1) is 0 Å². The number of imide groups is 1. The van der Waals surface area contributed by atoms with Gasteiger partial charge < -0.3 is 10.2 Å². The van der Waals surface area contributed by atoms with Crippen LogP contribution in [0.5, 0.6) is 0 Å². The van der Waals surface area contributed by atoms with E-state index in [4.69, 9.17) is 0 Å². The van der Waals surface area contributed by atoms with Crippen LogP contribution in [0.4, 0.5) is 5.69 Å². The highest BCUT2D eigenvalue weighted by Gasteiger charge is 2.68. The third-order valence-corrected chi connectivity index (χ3v) is 7.20. The minimum Gasteiger partial charge on any atom is -0.480 e. The molecule has 5 rings (SSSR count). The van der Waals surface area contributed by atoms with E-state index in [0.717, 1.165) is 21.6 Å². The Morgan fingerprint density at radius 2 is 1.53 bits per heavy atom. The molecule has 4 atom stereocenters. The molecule has 0 aliphatic carbocycles. The first-order chi connectivity index (χ1) is 17.4. The van der Waals surface area contributed by atoms with E-state index in [9.17, 15) is 24.6 Å². The van der Waals surface area contributed by atoms with Crippen molar-refractivity contribution in [3.8, 4) is 0 Å². The van der Waals surface area contributed by atoms with Gasteiger partial charge in [0.05, 0.1) is 24.1 Å². The highest BCUT2D eigenvalue weighted by atomic mass is 16.4. The first-order valence-corrected chi connectivity index (χ1v) is 11.8. The lowest BCUT2D eigenvalue weighted by Crippen LogP contribution is -2.58. The van der Waals surface area contributed by atoms with Crippen LogP contribution in [-0.4, -0.2) is 40.1 Å². The molecule has 7 heteroatoms. The predicted molar refractivity (Wildman–Crippen MR) is 136 cm³/mol. The summed E-state index contributed by atoms with van der Waals surface area (Å²) in [6.45, 7) is 0.969. The predicted octanol–water partition coefficient (Wildman–Crippen LogP) is 3.43. The summed E-state index contributed by atoms with van der Waals surface area (Å²) in [6, 6.07) is 23.5. The monoisotopic (exact) mass is 482 g/mol. The Kier molecular flexibility index (Phi) is 6.04. The molecule has 0 bridgehead atoms. The minimum absolute atomic E-state index is 0.430. The van der Waals surface area contributed by atoms with Gasteiger partial charge in [0.2, 0.25) is 11.8 Å². The van der Waals surface area contributed by atoms with Crippen molar-refractivity contribution in [2.45, 2.75) is 18.5 Å². The van der Waals surface area contributed by atoms with E-state index in [-0.39, 0.29) is 0 Å². The topological polar surface area (TPSA) is 107 Å². The standard InChI is InChI=1S/C29H26N2O5/c1-18-7-5-6-10-22(18)31-26(33)23-24(27(31)34)29(17-32,28(35)36)30-25(23)21-15-13-20(14-16-21)12-11-19-8-3-2-4-9-19/h2-16,23-25,30,32H,17H2,1H3,(H,35,36)/b12-11+. The maximum absolute atomic E-state index is 13.7. The van der Waals surface area contributed by atoms with Crippen LogP contribution in [0.3, 0.4) is 0 Å². The average Bonchev–Trinajstić information content (AvgIpc) is 3.38. The van der Waals surface area contributed by atoms with Crippen LogP contribution in [0.15, 0.2) is 78.9 Å². The number of fused-ring (bicyclic) bond motifs is 1. The number of carboxylic acids is 1. The van der Waals surface area contributed by atoms with Gasteiger partial charge in [-0.2, -0.15) is 0 Å². The van der Waals surface area contributed by atoms with Crippen molar-refractivity contribution in [2.75, 3.05) is 11.5 Å². The smallest absolute Gasteiger partial charge is 0.327 e. The summed E-state index contributed by atoms with van der Waals surface area (Å²) in [4.78, 5) is 40.7. The summed E-state index contributed by atoms with van der Waals surface area (Å²) in [5.41, 5.74) is 1.85. The van der Waals surface area contributed by atoms with Crippen molar-refractivity contribution in [1.82, 2.24) is 5.32 Å². The fourth-order valence-electron chi connectivity index (χ4n) is 5.32. The molecule has 2 saturated heterocycles. The SMILES string of the molecule is Cc1ccccc1N1C(=O)C2C(c3ccc(/C=C/c4ccccc4)cc3)NC(CO)(C(=O)O)C2C1=O. The molecule has 2 aliphatic rings. The Morgan fingerprint density at radius 1 is 0.917 bits per heavy atom. The van der Waals surface area contributed by atoms with E-state index in [1.54, 1.807) is 31.2 Å². The molecule has 7 nitrogen and oxygen atoms in total. The molecule has 3 N–H and O–H groups in total. The van der Waals surface area contributed by atoms with Gasteiger partial charge in [-0.05, 0) is 35.2 Å². The Labute approximate surface area is 208 Å². The number of carbonyl (C=O) groups is 3. The molecule has 2 fully saturated rings. The Morgan fingerprint density at radius 3 is 2.14 bits per heavy atom. The maximum Gasteiger partial charge on any atom is 0.327 e. The maximum atomic E-state index is 13.7. The lowest BCUT2D eigenvalue weighted by atomic mass is 9.79. The van der Waals surface area contributed by atoms with Crippen molar-refractivity contribution in [2.24, 2.45) is 11.8 Å². The second-order valence-corrected chi connectivity index (χ2v) is 9.27. The van der Waals surface area contributed by atoms with Gasteiger partial charge in [-0.3, -0.25) is 19.7 Å². The molecule has 36 heavy (non-hydrogen) atoms. The molecule has 2 heterocycles. The molecule has 0 radical (unpaired) electrons. The molecule has 2 amide bonds. The highest BCUT2D eigenvalue weighted by molar-refractivity contribution is 6.24. The second-order valence-electron chi connectivity index (χ2n) is 9.27. The van der Waals surface area contributed by atoms with E-state index >= 15 is 0 Å². The number of aryl methyl sites for hydroxylation is 1. The van der Waals surface area contributed by atoms with Gasteiger partial charge in [0.25, 0.3) is 0 Å². The minimum atomic E-state index is -1.97. The van der Waals surface area contributed by atoms with E-state index in [1.807, 2.05) is 66.7 Å². The van der Waals surface area contributed by atoms with Gasteiger partial charge in [-0.1, -0.05) is 84.9 Å². The number of nitrogens with one attached hydrogen (secondary N) is 1. The van der Waals surface area contributed by atoms with Crippen molar-refractivity contribution < 1.29 is 24.6 Å². The fraction of sp³-hybridized carbons (Fsp3) is 0.207. The van der Waals surface area contributed by atoms with Gasteiger partial charge in [0.15, 0.2) is 5.54 Å². The van der Waals surface area contributed by atoms with E-state index in [2.05, 4.69) is 5.32 Å². The van der Waals surface area contributed by atoms with E-state index < -0.39 is 47.8 Å². The second kappa shape index (κ2) is 9.18.